The number of halogens is 1. The maximum absolute atomic E-state index is 12.7. The number of carbonyl (C=O) groups is 1. The Balaban J connectivity index is 0.00000264. The summed E-state index contributed by atoms with van der Waals surface area (Å²) in [6, 6.07) is 7.61. The molecule has 0 aromatic heterocycles. The molecule has 0 bridgehead atoms. The van der Waals surface area contributed by atoms with Crippen LogP contribution in [-0.2, 0) is 0 Å². The minimum absolute atomic E-state index is 0. The predicted octanol–water partition coefficient (Wildman–Crippen LogP) is 3.34. The summed E-state index contributed by atoms with van der Waals surface area (Å²) in [6.07, 6.45) is 2.05. The smallest absolute Gasteiger partial charge is 0.254 e. The minimum Gasteiger partial charge on any atom is -0.493 e. The average Bonchev–Trinajstić information content (AvgIpc) is 2.52. The van der Waals surface area contributed by atoms with E-state index in [9.17, 15) is 4.79 Å². The molecular formula is C18H29ClN2O2. The molecule has 1 saturated heterocycles. The fraction of sp³-hybridized carbons (Fsp3) is 0.611. The number of hydrogen-bond acceptors (Lipinski definition) is 3. The summed E-state index contributed by atoms with van der Waals surface area (Å²) >= 11 is 0. The van der Waals surface area contributed by atoms with Crippen LogP contribution < -0.4 is 10.5 Å². The average molecular weight is 341 g/mol. The second-order valence-electron chi connectivity index (χ2n) is 6.75. The van der Waals surface area contributed by atoms with Crippen LogP contribution in [0.2, 0.25) is 0 Å². The molecule has 23 heavy (non-hydrogen) atoms. The summed E-state index contributed by atoms with van der Waals surface area (Å²) in [5, 5.41) is 0. The van der Waals surface area contributed by atoms with E-state index in [1.54, 1.807) is 0 Å². The molecule has 1 fully saturated rings. The first kappa shape index (κ1) is 19.8. The summed E-state index contributed by atoms with van der Waals surface area (Å²) in [5.41, 5.74) is 6.56. The lowest BCUT2D eigenvalue weighted by atomic mass is 9.92. The molecule has 1 aromatic rings. The van der Waals surface area contributed by atoms with E-state index in [2.05, 4.69) is 20.8 Å². The molecule has 2 N–H and O–H groups in total. The Hall–Kier alpha value is -1.26. The quantitative estimate of drug-likeness (QED) is 0.894. The highest BCUT2D eigenvalue weighted by Crippen LogP contribution is 2.24. The van der Waals surface area contributed by atoms with Gasteiger partial charge in [0.25, 0.3) is 5.91 Å². The molecule has 1 heterocycles. The molecular weight excluding hydrogens is 312 g/mol. The molecule has 1 aliphatic heterocycles. The third kappa shape index (κ3) is 5.40. The van der Waals surface area contributed by atoms with Crippen molar-refractivity contribution in [3.05, 3.63) is 29.8 Å². The number of benzene rings is 1. The summed E-state index contributed by atoms with van der Waals surface area (Å²) in [6.45, 7) is 8.47. The summed E-state index contributed by atoms with van der Waals surface area (Å²) in [4.78, 5) is 14.6. The van der Waals surface area contributed by atoms with Crippen LogP contribution in [0.5, 0.6) is 5.75 Å². The molecule has 0 saturated carbocycles. The molecule has 1 amide bonds. The van der Waals surface area contributed by atoms with Crippen LogP contribution >= 0.6 is 12.4 Å². The Morgan fingerprint density at radius 1 is 1.35 bits per heavy atom. The van der Waals surface area contributed by atoms with Crippen molar-refractivity contribution in [1.82, 2.24) is 4.90 Å². The fourth-order valence-corrected chi connectivity index (χ4v) is 2.86. The lowest BCUT2D eigenvalue weighted by Crippen LogP contribution is -2.49. The van der Waals surface area contributed by atoms with Crippen molar-refractivity contribution in [2.45, 2.75) is 39.7 Å². The van der Waals surface area contributed by atoms with Gasteiger partial charge in [0, 0.05) is 24.7 Å². The Morgan fingerprint density at radius 2 is 2.00 bits per heavy atom. The van der Waals surface area contributed by atoms with Gasteiger partial charge in [-0.3, -0.25) is 4.79 Å². The molecule has 2 rings (SSSR count). The molecule has 0 radical (unpaired) electrons. The van der Waals surface area contributed by atoms with Gasteiger partial charge in [-0.15, -0.1) is 12.4 Å². The van der Waals surface area contributed by atoms with Gasteiger partial charge in [-0.05, 0) is 48.9 Å². The van der Waals surface area contributed by atoms with Crippen LogP contribution in [0.4, 0.5) is 0 Å². The standard InChI is InChI=1S/C18H28N2O2.ClH/c1-13(2)12-22-17-6-4-15(5-7-17)18(21)20-9-8-14(3)10-16(20)11-19;/h4-7,13-14,16H,8-12,19H2,1-3H3;1H. The third-order valence-electron chi connectivity index (χ3n) is 4.20. The zero-order chi connectivity index (χ0) is 16.1. The number of rotatable bonds is 5. The van der Waals surface area contributed by atoms with Crippen LogP contribution in [0.3, 0.4) is 0 Å². The normalized spacial score (nSPS) is 21.0. The van der Waals surface area contributed by atoms with Crippen molar-refractivity contribution in [2.75, 3.05) is 19.7 Å². The lowest BCUT2D eigenvalue weighted by Gasteiger charge is -2.38. The van der Waals surface area contributed by atoms with Crippen molar-refractivity contribution in [3.8, 4) is 5.75 Å². The van der Waals surface area contributed by atoms with Gasteiger partial charge in [0.15, 0.2) is 0 Å². The van der Waals surface area contributed by atoms with Crippen molar-refractivity contribution in [1.29, 1.82) is 0 Å². The van der Waals surface area contributed by atoms with Crippen molar-refractivity contribution >= 4 is 18.3 Å². The van der Waals surface area contributed by atoms with E-state index in [1.165, 1.54) is 0 Å². The number of ether oxygens (including phenoxy) is 1. The van der Waals surface area contributed by atoms with Crippen molar-refractivity contribution < 1.29 is 9.53 Å². The minimum atomic E-state index is 0. The number of hydrogen-bond donors (Lipinski definition) is 1. The van der Waals surface area contributed by atoms with Gasteiger partial charge in [-0.2, -0.15) is 0 Å². The molecule has 130 valence electrons. The molecule has 1 aromatic carbocycles. The Kier molecular flexibility index (Phi) is 7.86. The Labute approximate surface area is 145 Å². The third-order valence-corrected chi connectivity index (χ3v) is 4.20. The first-order valence-electron chi connectivity index (χ1n) is 8.25. The van der Waals surface area contributed by atoms with Gasteiger partial charge in [-0.25, -0.2) is 0 Å². The van der Waals surface area contributed by atoms with Gasteiger partial charge in [0.05, 0.1) is 6.61 Å². The van der Waals surface area contributed by atoms with E-state index >= 15 is 0 Å². The van der Waals surface area contributed by atoms with Crippen LogP contribution in [0.25, 0.3) is 0 Å². The molecule has 5 heteroatoms. The molecule has 2 unspecified atom stereocenters. The monoisotopic (exact) mass is 340 g/mol. The first-order valence-corrected chi connectivity index (χ1v) is 8.25. The van der Waals surface area contributed by atoms with E-state index in [1.807, 2.05) is 29.2 Å². The number of nitrogens with zero attached hydrogens (tertiary/aromatic N) is 1. The van der Waals surface area contributed by atoms with Crippen molar-refractivity contribution in [2.24, 2.45) is 17.6 Å². The van der Waals surface area contributed by atoms with Crippen molar-refractivity contribution in [3.63, 3.8) is 0 Å². The van der Waals surface area contributed by atoms with Gasteiger partial charge >= 0.3 is 0 Å². The zero-order valence-corrected chi connectivity index (χ0v) is 15.1. The highest BCUT2D eigenvalue weighted by atomic mass is 35.5. The number of likely N-dealkylation sites (tertiary alicyclic amines) is 1. The van der Waals surface area contributed by atoms with E-state index in [4.69, 9.17) is 10.5 Å². The largest absolute Gasteiger partial charge is 0.493 e. The highest BCUT2D eigenvalue weighted by Gasteiger charge is 2.29. The topological polar surface area (TPSA) is 55.6 Å². The Bertz CT molecular complexity index is 490. The van der Waals surface area contributed by atoms with E-state index < -0.39 is 0 Å². The summed E-state index contributed by atoms with van der Waals surface area (Å²) < 4.78 is 5.66. The van der Waals surface area contributed by atoms with Crippen LogP contribution in [-0.4, -0.2) is 36.5 Å². The molecule has 0 aliphatic carbocycles. The second kappa shape index (κ2) is 9.14. The molecule has 2 atom stereocenters. The number of nitrogens with two attached hydrogens (primary N) is 1. The zero-order valence-electron chi connectivity index (χ0n) is 14.3. The van der Waals surface area contributed by atoms with Gasteiger partial charge in [-0.1, -0.05) is 20.8 Å². The summed E-state index contributed by atoms with van der Waals surface area (Å²) in [5.74, 6) is 2.03. The Morgan fingerprint density at radius 3 is 2.57 bits per heavy atom. The summed E-state index contributed by atoms with van der Waals surface area (Å²) in [7, 11) is 0. The number of piperidine rings is 1. The van der Waals surface area contributed by atoms with Crippen LogP contribution in [0, 0.1) is 11.8 Å². The number of carbonyl (C=O) groups excluding carboxylic acids is 1. The first-order chi connectivity index (χ1) is 10.5. The second-order valence-corrected chi connectivity index (χ2v) is 6.75. The number of amides is 1. The van der Waals surface area contributed by atoms with E-state index in [-0.39, 0.29) is 24.4 Å². The van der Waals surface area contributed by atoms with Gasteiger partial charge in [0.2, 0.25) is 0 Å². The maximum atomic E-state index is 12.7. The maximum Gasteiger partial charge on any atom is 0.254 e. The fourth-order valence-electron chi connectivity index (χ4n) is 2.86. The van der Waals surface area contributed by atoms with E-state index in [0.717, 1.165) is 25.1 Å². The van der Waals surface area contributed by atoms with Gasteiger partial charge < -0.3 is 15.4 Å². The van der Waals surface area contributed by atoms with E-state index in [0.29, 0.717) is 30.6 Å². The predicted molar refractivity (Wildman–Crippen MR) is 96.3 cm³/mol. The van der Waals surface area contributed by atoms with Crippen LogP contribution in [0.1, 0.15) is 44.0 Å². The molecule has 0 spiro atoms. The molecule has 4 nitrogen and oxygen atoms in total. The van der Waals surface area contributed by atoms with Gasteiger partial charge in [0.1, 0.15) is 5.75 Å². The lowest BCUT2D eigenvalue weighted by molar-refractivity contribution is 0.0573. The highest BCUT2D eigenvalue weighted by molar-refractivity contribution is 5.94. The van der Waals surface area contributed by atoms with Crippen LogP contribution in [0.15, 0.2) is 24.3 Å². The SMILES string of the molecule is CC(C)COc1ccc(C(=O)N2CCC(C)CC2CN)cc1.Cl. The molecule has 1 aliphatic rings.